The first-order valence-electron chi connectivity index (χ1n) is 14.0. The van der Waals surface area contributed by atoms with Gasteiger partial charge in [-0.1, -0.05) is 20.8 Å². The third-order valence-corrected chi connectivity index (χ3v) is 12.1. The molecule has 9 heteroatoms. The van der Waals surface area contributed by atoms with Crippen LogP contribution in [0.4, 0.5) is 0 Å². The van der Waals surface area contributed by atoms with Gasteiger partial charge in [-0.15, -0.1) is 0 Å². The van der Waals surface area contributed by atoms with Gasteiger partial charge in [-0.2, -0.15) is 8.42 Å². The highest BCUT2D eigenvalue weighted by Gasteiger charge is 2.65. The van der Waals surface area contributed by atoms with Crippen molar-refractivity contribution in [1.29, 1.82) is 0 Å². The quantitative estimate of drug-likeness (QED) is 0.319. The normalized spacial score (nSPS) is 46.2. The number of amides is 1. The molecule has 12 atom stereocenters. The van der Waals surface area contributed by atoms with E-state index < -0.39 is 34.1 Å². The van der Waals surface area contributed by atoms with E-state index in [1.165, 1.54) is 0 Å². The predicted molar refractivity (Wildman–Crippen MR) is 136 cm³/mol. The predicted octanol–water partition coefficient (Wildman–Crippen LogP) is 2.76. The second kappa shape index (κ2) is 10.1. The largest absolute Gasteiger partial charge is 0.393 e. The van der Waals surface area contributed by atoms with Crippen LogP contribution < -0.4 is 5.32 Å². The molecular weight excluding hydrogens is 482 g/mol. The fourth-order valence-corrected chi connectivity index (χ4v) is 10.2. The molecule has 0 aromatic carbocycles. The minimum absolute atomic E-state index is 0.0490. The lowest BCUT2D eigenvalue weighted by atomic mass is 9.43. The Hall–Kier alpha value is -0.740. The molecule has 0 radical (unpaired) electrons. The first-order valence-corrected chi connectivity index (χ1v) is 15.6. The van der Waals surface area contributed by atoms with Gasteiger partial charge in [-0.05, 0) is 105 Å². The number of aliphatic hydroxyl groups excluding tert-OH is 3. The van der Waals surface area contributed by atoms with Crippen molar-refractivity contribution in [1.82, 2.24) is 5.32 Å². The minimum Gasteiger partial charge on any atom is -0.393 e. The Morgan fingerprint density at radius 2 is 1.58 bits per heavy atom. The van der Waals surface area contributed by atoms with Gasteiger partial charge < -0.3 is 20.6 Å². The van der Waals surface area contributed by atoms with Crippen molar-refractivity contribution in [3.63, 3.8) is 0 Å². The number of aliphatic hydroxyl groups is 3. The molecule has 0 aromatic rings. The van der Waals surface area contributed by atoms with Crippen LogP contribution in [0.15, 0.2) is 0 Å². The Balaban J connectivity index is 1.42. The first kappa shape index (κ1) is 28.3. The maximum Gasteiger partial charge on any atom is 0.266 e. The van der Waals surface area contributed by atoms with E-state index >= 15 is 0 Å². The number of hydrogen-bond acceptors (Lipinski definition) is 6. The van der Waals surface area contributed by atoms with Crippen molar-refractivity contribution >= 4 is 16.0 Å². The monoisotopic (exact) mass is 529 g/mol. The van der Waals surface area contributed by atoms with Crippen LogP contribution in [0.3, 0.4) is 0 Å². The summed E-state index contributed by atoms with van der Waals surface area (Å²) < 4.78 is 31.1. The van der Waals surface area contributed by atoms with Crippen LogP contribution in [-0.4, -0.2) is 64.3 Å². The van der Waals surface area contributed by atoms with E-state index in [1.807, 2.05) is 0 Å². The fraction of sp³-hybridized carbons (Fsp3) is 0.963. The van der Waals surface area contributed by atoms with Gasteiger partial charge in [0.1, 0.15) is 0 Å². The molecule has 0 saturated heterocycles. The molecule has 4 aliphatic rings. The third kappa shape index (κ3) is 5.12. The standard InChI is InChI=1S/C27H47NO7S/c1-15(5-8-22(30)28-16(2)14-36(33,34)35)18-6-7-19-23-20(10-12-26(18,19)3)27(4)11-9-17(29)13-21(27)24(31)25(23)32/h15-21,23-25,29,31-32H,5-14H2,1-4H3,(H,28,30)(H,33,34,35)/t15-,16-,17-,18-,19?,20?,21?,23?,24-,25?,26-,27-/m1/s1. The van der Waals surface area contributed by atoms with Gasteiger partial charge in [-0.25, -0.2) is 0 Å². The van der Waals surface area contributed by atoms with Gasteiger partial charge in [0.2, 0.25) is 5.91 Å². The van der Waals surface area contributed by atoms with Crippen LogP contribution in [-0.2, 0) is 14.9 Å². The molecule has 1 amide bonds. The summed E-state index contributed by atoms with van der Waals surface area (Å²) in [7, 11) is -4.13. The summed E-state index contributed by atoms with van der Waals surface area (Å²) in [5.41, 5.74) is -0.00218. The number of nitrogens with one attached hydrogen (secondary N) is 1. The Bertz CT molecular complexity index is 927. The second-order valence-electron chi connectivity index (χ2n) is 13.3. The average molecular weight is 530 g/mol. The minimum atomic E-state index is -4.13. The van der Waals surface area contributed by atoms with Gasteiger partial charge in [0.15, 0.2) is 0 Å². The number of rotatable bonds is 7. The van der Waals surface area contributed by atoms with Gasteiger partial charge in [0.25, 0.3) is 10.1 Å². The smallest absolute Gasteiger partial charge is 0.266 e. The molecule has 0 heterocycles. The van der Waals surface area contributed by atoms with Crippen LogP contribution in [0.1, 0.15) is 85.5 Å². The highest BCUT2D eigenvalue weighted by molar-refractivity contribution is 7.85. The summed E-state index contributed by atoms with van der Waals surface area (Å²) in [6.45, 7) is 8.41. The van der Waals surface area contributed by atoms with Crippen LogP contribution in [0.25, 0.3) is 0 Å². The molecule has 8 nitrogen and oxygen atoms in total. The summed E-state index contributed by atoms with van der Waals surface area (Å²) in [4.78, 5) is 12.4. The molecular formula is C27H47NO7S. The fourth-order valence-electron chi connectivity index (χ4n) is 9.48. The van der Waals surface area contributed by atoms with Gasteiger partial charge >= 0.3 is 0 Å². The Morgan fingerprint density at radius 1 is 0.944 bits per heavy atom. The molecule has 0 aromatic heterocycles. The molecule has 5 unspecified atom stereocenters. The van der Waals surface area contributed by atoms with Crippen LogP contribution in [0.2, 0.25) is 0 Å². The summed E-state index contributed by atoms with van der Waals surface area (Å²) in [6, 6.07) is -0.642. The van der Waals surface area contributed by atoms with Crippen molar-refractivity contribution in [2.45, 2.75) is 110 Å². The molecule has 0 bridgehead atoms. The molecule has 4 fully saturated rings. The van der Waals surface area contributed by atoms with E-state index in [4.69, 9.17) is 4.55 Å². The number of fused-ring (bicyclic) bond motifs is 5. The second-order valence-corrected chi connectivity index (χ2v) is 14.8. The lowest BCUT2D eigenvalue weighted by Crippen LogP contribution is -2.64. The van der Waals surface area contributed by atoms with Crippen molar-refractivity contribution < 1.29 is 33.1 Å². The third-order valence-electron chi connectivity index (χ3n) is 11.2. The zero-order valence-corrected chi connectivity index (χ0v) is 23.1. The summed E-state index contributed by atoms with van der Waals surface area (Å²) in [5.74, 6) is 0.735. The molecule has 208 valence electrons. The van der Waals surface area contributed by atoms with Crippen molar-refractivity contribution in [3.05, 3.63) is 0 Å². The van der Waals surface area contributed by atoms with E-state index in [1.54, 1.807) is 6.92 Å². The van der Waals surface area contributed by atoms with E-state index in [9.17, 15) is 28.5 Å². The highest BCUT2D eigenvalue weighted by Crippen LogP contribution is 2.68. The maximum atomic E-state index is 12.4. The zero-order valence-electron chi connectivity index (χ0n) is 22.3. The number of carbonyl (C=O) groups excluding carboxylic acids is 1. The zero-order chi connectivity index (χ0) is 26.6. The molecule has 4 saturated carbocycles. The topological polar surface area (TPSA) is 144 Å². The van der Waals surface area contributed by atoms with E-state index in [-0.39, 0.29) is 34.7 Å². The lowest BCUT2D eigenvalue weighted by molar-refractivity contribution is -0.223. The maximum absolute atomic E-state index is 12.4. The van der Waals surface area contributed by atoms with Crippen molar-refractivity contribution in [3.8, 4) is 0 Å². The summed E-state index contributed by atoms with van der Waals surface area (Å²) in [6.07, 6.45) is 5.50. The van der Waals surface area contributed by atoms with E-state index in [0.717, 1.165) is 38.5 Å². The molecule has 36 heavy (non-hydrogen) atoms. The Kier molecular flexibility index (Phi) is 7.93. The van der Waals surface area contributed by atoms with Crippen molar-refractivity contribution in [2.24, 2.45) is 46.3 Å². The molecule has 4 aliphatic carbocycles. The van der Waals surface area contributed by atoms with Crippen molar-refractivity contribution in [2.75, 3.05) is 5.75 Å². The highest BCUT2D eigenvalue weighted by atomic mass is 32.2. The average Bonchev–Trinajstić information content (AvgIpc) is 3.12. The van der Waals surface area contributed by atoms with Gasteiger partial charge in [0.05, 0.1) is 24.1 Å². The first-order chi connectivity index (χ1) is 16.7. The number of carbonyl (C=O) groups is 1. The van der Waals surface area contributed by atoms with Crippen LogP contribution in [0, 0.1) is 46.3 Å². The molecule has 4 rings (SSSR count). The Morgan fingerprint density at radius 3 is 2.25 bits per heavy atom. The molecule has 0 aliphatic heterocycles. The number of hydrogen-bond donors (Lipinski definition) is 5. The van der Waals surface area contributed by atoms with Crippen LogP contribution in [0.5, 0.6) is 0 Å². The summed E-state index contributed by atoms with van der Waals surface area (Å²) >= 11 is 0. The van der Waals surface area contributed by atoms with Gasteiger partial charge in [-0.3, -0.25) is 9.35 Å². The molecule has 5 N–H and O–H groups in total. The summed E-state index contributed by atoms with van der Waals surface area (Å²) in [5, 5.41) is 35.5. The lowest BCUT2D eigenvalue weighted by Gasteiger charge is -2.63. The Labute approximate surface area is 216 Å². The van der Waals surface area contributed by atoms with E-state index in [0.29, 0.717) is 42.9 Å². The van der Waals surface area contributed by atoms with Gasteiger partial charge in [0, 0.05) is 12.5 Å². The van der Waals surface area contributed by atoms with E-state index in [2.05, 4.69) is 26.1 Å². The SMILES string of the molecule is C[C@H](CS(=O)(=O)O)NC(=O)CC[C@@H](C)[C@H]1CCC2C3C(O)[C@H](O)C4C[C@H](O)CC[C@]4(C)C3CC[C@@]21C. The molecule has 0 spiro atoms. The van der Waals surface area contributed by atoms with Crippen LogP contribution >= 0.6 is 0 Å².